The van der Waals surface area contributed by atoms with E-state index in [1.807, 2.05) is 34.7 Å². The monoisotopic (exact) mass is 379 g/mol. The number of hydrogen-bond donors (Lipinski definition) is 0. The first-order valence-corrected chi connectivity index (χ1v) is 9.51. The minimum atomic E-state index is -0.152. The van der Waals surface area contributed by atoms with Crippen molar-refractivity contribution in [1.82, 2.24) is 24.5 Å². The second kappa shape index (κ2) is 7.59. The maximum absolute atomic E-state index is 13.2. The molecule has 0 spiro atoms. The molecule has 0 unspecified atom stereocenters. The van der Waals surface area contributed by atoms with E-state index in [0.717, 1.165) is 17.0 Å². The Hall–Kier alpha value is -2.93. The van der Waals surface area contributed by atoms with Crippen molar-refractivity contribution in [1.29, 1.82) is 0 Å². The Morgan fingerprint density at radius 1 is 1.21 bits per heavy atom. The van der Waals surface area contributed by atoms with Crippen LogP contribution < -0.4 is 0 Å². The van der Waals surface area contributed by atoms with Crippen LogP contribution in [0.25, 0.3) is 0 Å². The maximum atomic E-state index is 13.2. The number of carbonyl (C=O) groups excluding carboxylic acids is 1. The third kappa shape index (κ3) is 3.33. The third-order valence-electron chi connectivity index (χ3n) is 5.38. The number of nitrogens with zero attached hydrogens (tertiary/aromatic N) is 5. The molecule has 7 nitrogen and oxygen atoms in total. The van der Waals surface area contributed by atoms with Crippen LogP contribution in [-0.4, -0.2) is 50.1 Å². The first kappa shape index (κ1) is 18.4. The van der Waals surface area contributed by atoms with Gasteiger partial charge < -0.3 is 9.64 Å². The zero-order valence-corrected chi connectivity index (χ0v) is 16.5. The summed E-state index contributed by atoms with van der Waals surface area (Å²) in [5, 5.41) is 8.90. The molecule has 146 valence electrons. The maximum Gasteiger partial charge on any atom is 0.272 e. The molecule has 0 N–H and O–H groups in total. The van der Waals surface area contributed by atoms with Crippen molar-refractivity contribution >= 4 is 5.91 Å². The van der Waals surface area contributed by atoms with Crippen molar-refractivity contribution in [2.24, 2.45) is 7.05 Å². The Labute approximate surface area is 164 Å². The van der Waals surface area contributed by atoms with Crippen molar-refractivity contribution in [2.45, 2.75) is 26.4 Å². The van der Waals surface area contributed by atoms with Gasteiger partial charge in [0.25, 0.3) is 5.91 Å². The van der Waals surface area contributed by atoms with E-state index >= 15 is 0 Å². The number of ether oxygens (including phenoxy) is 1. The highest BCUT2D eigenvalue weighted by molar-refractivity contribution is 5.93. The van der Waals surface area contributed by atoms with Gasteiger partial charge in [0.1, 0.15) is 5.69 Å². The van der Waals surface area contributed by atoms with Crippen LogP contribution in [0.5, 0.6) is 0 Å². The molecule has 3 heterocycles. The molecule has 1 aromatic carbocycles. The van der Waals surface area contributed by atoms with Crippen LogP contribution in [0, 0.1) is 13.8 Å². The highest BCUT2D eigenvalue weighted by atomic mass is 16.5. The summed E-state index contributed by atoms with van der Waals surface area (Å²) in [6.07, 6.45) is 1.65. The lowest BCUT2D eigenvalue weighted by atomic mass is 10.0. The molecule has 1 atom stereocenters. The van der Waals surface area contributed by atoms with Gasteiger partial charge in [-0.15, -0.1) is 0 Å². The molecular weight excluding hydrogens is 354 g/mol. The number of carbonyl (C=O) groups is 1. The van der Waals surface area contributed by atoms with E-state index in [4.69, 9.17) is 9.84 Å². The Morgan fingerprint density at radius 3 is 2.71 bits per heavy atom. The van der Waals surface area contributed by atoms with Crippen molar-refractivity contribution in [2.75, 3.05) is 19.8 Å². The van der Waals surface area contributed by atoms with Gasteiger partial charge in [0, 0.05) is 31.0 Å². The molecule has 1 fully saturated rings. The fourth-order valence-corrected chi connectivity index (χ4v) is 3.92. The molecule has 28 heavy (non-hydrogen) atoms. The van der Waals surface area contributed by atoms with Gasteiger partial charge in [0.2, 0.25) is 0 Å². The van der Waals surface area contributed by atoms with Gasteiger partial charge in [-0.2, -0.15) is 10.2 Å². The van der Waals surface area contributed by atoms with Crippen LogP contribution in [-0.2, 0) is 18.3 Å². The van der Waals surface area contributed by atoms with Crippen LogP contribution >= 0.6 is 0 Å². The first-order chi connectivity index (χ1) is 13.6. The number of rotatable bonds is 4. The Bertz CT molecular complexity index is 976. The molecule has 0 bridgehead atoms. The van der Waals surface area contributed by atoms with E-state index in [0.29, 0.717) is 32.0 Å². The highest BCUT2D eigenvalue weighted by Crippen LogP contribution is 2.31. The zero-order valence-electron chi connectivity index (χ0n) is 16.5. The van der Waals surface area contributed by atoms with Gasteiger partial charge in [-0.05, 0) is 25.5 Å². The summed E-state index contributed by atoms with van der Waals surface area (Å²) in [6, 6.07) is 11.9. The van der Waals surface area contributed by atoms with Gasteiger partial charge in [-0.25, -0.2) is 0 Å². The summed E-state index contributed by atoms with van der Waals surface area (Å²) in [5.74, 6) is -0.0251. The van der Waals surface area contributed by atoms with Crippen molar-refractivity contribution < 1.29 is 9.53 Å². The lowest BCUT2D eigenvalue weighted by Crippen LogP contribution is -2.44. The van der Waals surface area contributed by atoms with Crippen molar-refractivity contribution in [3.8, 4) is 0 Å². The summed E-state index contributed by atoms with van der Waals surface area (Å²) >= 11 is 0. The van der Waals surface area contributed by atoms with E-state index in [1.54, 1.807) is 24.0 Å². The smallest absolute Gasteiger partial charge is 0.272 e. The molecule has 1 aliphatic rings. The second-order valence-corrected chi connectivity index (χ2v) is 7.16. The summed E-state index contributed by atoms with van der Waals surface area (Å²) < 4.78 is 9.38. The quantitative estimate of drug-likeness (QED) is 0.699. The lowest BCUT2D eigenvalue weighted by Gasteiger charge is -2.36. The van der Waals surface area contributed by atoms with Gasteiger partial charge >= 0.3 is 0 Å². The molecule has 1 aliphatic heterocycles. The fraction of sp³-hybridized carbons (Fsp3) is 0.381. The van der Waals surface area contributed by atoms with Gasteiger partial charge in [0.05, 0.1) is 31.5 Å². The number of amides is 1. The Morgan fingerprint density at radius 2 is 2.00 bits per heavy atom. The standard InChI is InChI=1S/C21H25N5O2/c1-15-20(16(2)26(23-15)13-17-7-5-4-6-8-17)19-14-28-12-11-25(19)21(27)18-9-10-22-24(18)3/h4-10,19H,11-14H2,1-3H3/t19-/m0/s1. The van der Waals surface area contributed by atoms with Gasteiger partial charge in [-0.3, -0.25) is 14.2 Å². The lowest BCUT2D eigenvalue weighted by molar-refractivity contribution is -0.00361. The van der Waals surface area contributed by atoms with E-state index in [1.165, 1.54) is 5.56 Å². The van der Waals surface area contributed by atoms with Crippen LogP contribution in [0.15, 0.2) is 42.6 Å². The molecule has 0 radical (unpaired) electrons. The average Bonchev–Trinajstić information content (AvgIpc) is 3.25. The summed E-state index contributed by atoms with van der Waals surface area (Å²) in [7, 11) is 1.79. The molecule has 2 aromatic heterocycles. The molecule has 0 aliphatic carbocycles. The number of aromatic nitrogens is 4. The van der Waals surface area contributed by atoms with E-state index in [2.05, 4.69) is 24.2 Å². The molecule has 1 amide bonds. The molecule has 7 heteroatoms. The highest BCUT2D eigenvalue weighted by Gasteiger charge is 2.34. The Kier molecular flexibility index (Phi) is 5.00. The largest absolute Gasteiger partial charge is 0.377 e. The average molecular weight is 379 g/mol. The molecule has 3 aromatic rings. The van der Waals surface area contributed by atoms with Crippen molar-refractivity contribution in [3.05, 3.63) is 70.8 Å². The predicted molar refractivity (Wildman–Crippen MR) is 105 cm³/mol. The second-order valence-electron chi connectivity index (χ2n) is 7.16. The normalized spacial score (nSPS) is 17.1. The number of morpholine rings is 1. The number of aryl methyl sites for hydroxylation is 2. The van der Waals surface area contributed by atoms with Gasteiger partial charge in [-0.1, -0.05) is 30.3 Å². The predicted octanol–water partition coefficient (Wildman–Crippen LogP) is 2.50. The number of benzene rings is 1. The van der Waals surface area contributed by atoms with E-state index in [-0.39, 0.29) is 11.9 Å². The first-order valence-electron chi connectivity index (χ1n) is 9.51. The molecule has 4 rings (SSSR count). The van der Waals surface area contributed by atoms with Crippen molar-refractivity contribution in [3.63, 3.8) is 0 Å². The Balaban J connectivity index is 1.66. The fourth-order valence-electron chi connectivity index (χ4n) is 3.92. The zero-order chi connectivity index (χ0) is 19.7. The minimum Gasteiger partial charge on any atom is -0.377 e. The van der Waals surface area contributed by atoms with E-state index < -0.39 is 0 Å². The van der Waals surface area contributed by atoms with Gasteiger partial charge in [0.15, 0.2) is 0 Å². The van der Waals surface area contributed by atoms with E-state index in [9.17, 15) is 4.79 Å². The van der Waals surface area contributed by atoms with Crippen LogP contribution in [0.3, 0.4) is 0 Å². The number of hydrogen-bond acceptors (Lipinski definition) is 4. The van der Waals surface area contributed by atoms with Crippen LogP contribution in [0.1, 0.15) is 39.0 Å². The molecule has 1 saturated heterocycles. The summed E-state index contributed by atoms with van der Waals surface area (Å²) in [5.41, 5.74) is 4.86. The minimum absolute atomic E-state index is 0.0251. The summed E-state index contributed by atoms with van der Waals surface area (Å²) in [6.45, 7) is 6.34. The molecular formula is C21H25N5O2. The van der Waals surface area contributed by atoms with Crippen LogP contribution in [0.2, 0.25) is 0 Å². The molecule has 0 saturated carbocycles. The topological polar surface area (TPSA) is 65.2 Å². The SMILES string of the molecule is Cc1nn(Cc2ccccc2)c(C)c1[C@@H]1COCCN1C(=O)c1ccnn1C. The van der Waals surface area contributed by atoms with Crippen LogP contribution in [0.4, 0.5) is 0 Å². The summed E-state index contributed by atoms with van der Waals surface area (Å²) in [4.78, 5) is 15.1. The third-order valence-corrected chi connectivity index (χ3v) is 5.38.